The van der Waals surface area contributed by atoms with Gasteiger partial charge in [-0.1, -0.05) is 0 Å². The Kier molecular flexibility index (Phi) is 3.91. The molecule has 0 amide bonds. The lowest BCUT2D eigenvalue weighted by Gasteiger charge is -2.22. The molecule has 5 atom stereocenters. The van der Waals surface area contributed by atoms with Crippen molar-refractivity contribution < 1.29 is 33.3 Å². The first kappa shape index (κ1) is 17.1. The van der Waals surface area contributed by atoms with Crippen LogP contribution in [0.4, 0.5) is 0 Å². The van der Waals surface area contributed by atoms with E-state index in [2.05, 4.69) is 15.0 Å². The zero-order chi connectivity index (χ0) is 19.3. The molecule has 0 radical (unpaired) electrons. The number of carbonyl (C=O) groups is 3. The van der Waals surface area contributed by atoms with Gasteiger partial charge >= 0.3 is 17.9 Å². The minimum atomic E-state index is -1.30. The van der Waals surface area contributed by atoms with E-state index in [4.69, 9.17) is 18.9 Å². The Morgan fingerprint density at radius 3 is 2.59 bits per heavy atom. The van der Waals surface area contributed by atoms with Gasteiger partial charge in [-0.3, -0.25) is 19.0 Å². The third-order valence-electron chi connectivity index (χ3n) is 4.25. The molecule has 142 valence electrons. The average molecular weight is 378 g/mol. The summed E-state index contributed by atoms with van der Waals surface area (Å²) in [6.07, 6.45) is -2.93. The molecule has 0 aromatic carbocycles. The van der Waals surface area contributed by atoms with Crippen LogP contribution in [0.2, 0.25) is 0 Å². The Labute approximate surface area is 150 Å². The molecule has 0 saturated carbocycles. The molecule has 1 N–H and O–H groups in total. The maximum atomic E-state index is 12.2. The van der Waals surface area contributed by atoms with E-state index in [1.807, 2.05) is 0 Å². The van der Waals surface area contributed by atoms with Gasteiger partial charge in [0.1, 0.15) is 12.4 Å². The summed E-state index contributed by atoms with van der Waals surface area (Å²) in [6, 6.07) is 0. The summed E-state index contributed by atoms with van der Waals surface area (Å²) in [6.45, 7) is 2.33. The van der Waals surface area contributed by atoms with E-state index in [9.17, 15) is 19.2 Å². The highest BCUT2D eigenvalue weighted by atomic mass is 16.7. The van der Waals surface area contributed by atoms with Gasteiger partial charge in [-0.2, -0.15) is 0 Å². The van der Waals surface area contributed by atoms with Crippen LogP contribution in [0.1, 0.15) is 20.1 Å². The molecular formula is C15H14N4O8. The molecule has 0 bridgehead atoms. The second kappa shape index (κ2) is 6.16. The first-order valence-electron chi connectivity index (χ1n) is 7.97. The fraction of sp³-hybridized carbons (Fsp3) is 0.467. The number of hydrogen-bond donors (Lipinski definition) is 1. The standard InChI is InChI=1S/C15H14N4O8/c1-5(20)24-10-8-9(11(15(23)27-8)25-6(2)21)26-14(10)19-4-18-12-7(19)13(22)17-3-16-12/h3-4,8-11,14H,1-2H3,(H,16,17,22)/t8-,9-,10-,11-,14-/m0/s1. The summed E-state index contributed by atoms with van der Waals surface area (Å²) in [4.78, 5) is 57.5. The van der Waals surface area contributed by atoms with Crippen molar-refractivity contribution in [3.8, 4) is 0 Å². The van der Waals surface area contributed by atoms with Crippen molar-refractivity contribution in [1.82, 2.24) is 19.5 Å². The predicted octanol–water partition coefficient (Wildman–Crippen LogP) is -1.19. The van der Waals surface area contributed by atoms with Gasteiger partial charge in [0.15, 0.2) is 29.6 Å². The summed E-state index contributed by atoms with van der Waals surface area (Å²) in [5, 5.41) is 0. The maximum Gasteiger partial charge on any atom is 0.350 e. The van der Waals surface area contributed by atoms with Crippen LogP contribution in [0.25, 0.3) is 11.2 Å². The van der Waals surface area contributed by atoms with Gasteiger partial charge in [0.05, 0.1) is 6.33 Å². The van der Waals surface area contributed by atoms with Crippen LogP contribution < -0.4 is 5.56 Å². The number of aromatic nitrogens is 4. The molecule has 2 fully saturated rings. The maximum absolute atomic E-state index is 12.2. The number of imidazole rings is 1. The Morgan fingerprint density at radius 1 is 1.15 bits per heavy atom. The van der Waals surface area contributed by atoms with E-state index in [0.717, 1.165) is 6.92 Å². The summed E-state index contributed by atoms with van der Waals surface area (Å²) in [5.41, 5.74) is -0.224. The molecule has 12 heteroatoms. The number of ether oxygens (including phenoxy) is 4. The van der Waals surface area contributed by atoms with Gasteiger partial charge in [-0.25, -0.2) is 14.8 Å². The molecule has 0 aliphatic carbocycles. The number of hydrogen-bond acceptors (Lipinski definition) is 10. The van der Waals surface area contributed by atoms with Crippen molar-refractivity contribution in [2.45, 2.75) is 44.5 Å². The van der Waals surface area contributed by atoms with Crippen molar-refractivity contribution in [2.24, 2.45) is 0 Å². The van der Waals surface area contributed by atoms with Crippen LogP contribution in [0.3, 0.4) is 0 Å². The number of nitrogens with zero attached hydrogens (tertiary/aromatic N) is 3. The lowest BCUT2D eigenvalue weighted by Crippen LogP contribution is -2.36. The summed E-state index contributed by atoms with van der Waals surface area (Å²) >= 11 is 0. The summed E-state index contributed by atoms with van der Waals surface area (Å²) in [7, 11) is 0. The Balaban J connectivity index is 1.76. The molecule has 12 nitrogen and oxygen atoms in total. The van der Waals surface area contributed by atoms with Crippen LogP contribution in [-0.2, 0) is 33.3 Å². The van der Waals surface area contributed by atoms with Gasteiger partial charge in [-0.15, -0.1) is 0 Å². The fourth-order valence-corrected chi connectivity index (χ4v) is 3.29. The number of carbonyl (C=O) groups excluding carboxylic acids is 3. The van der Waals surface area contributed by atoms with Gasteiger partial charge < -0.3 is 23.9 Å². The minimum absolute atomic E-state index is 0.0926. The average Bonchev–Trinajstić information content (AvgIpc) is 3.23. The second-order valence-corrected chi connectivity index (χ2v) is 6.05. The van der Waals surface area contributed by atoms with E-state index in [1.54, 1.807) is 0 Å². The Morgan fingerprint density at radius 2 is 1.89 bits per heavy atom. The van der Waals surface area contributed by atoms with E-state index >= 15 is 0 Å². The normalized spacial score (nSPS) is 29.4. The fourth-order valence-electron chi connectivity index (χ4n) is 3.29. The third kappa shape index (κ3) is 2.73. The lowest BCUT2D eigenvalue weighted by molar-refractivity contribution is -0.174. The SMILES string of the molecule is CC(=O)O[C@H]1[C@H]2OC(=O)[C@@H](OC(C)=O)[C@H]2O[C@@H]1n1cnc2nc[nH]c(=O)c21. The van der Waals surface area contributed by atoms with E-state index in [-0.39, 0.29) is 11.2 Å². The van der Waals surface area contributed by atoms with E-state index < -0.39 is 54.1 Å². The minimum Gasteiger partial charge on any atom is -0.454 e. The van der Waals surface area contributed by atoms with Gasteiger partial charge in [-0.05, 0) is 0 Å². The Bertz CT molecular complexity index is 997. The molecule has 2 aromatic rings. The molecule has 2 aliphatic rings. The highest BCUT2D eigenvalue weighted by Gasteiger charge is 2.61. The van der Waals surface area contributed by atoms with Crippen LogP contribution >= 0.6 is 0 Å². The number of nitrogens with one attached hydrogen (secondary N) is 1. The van der Waals surface area contributed by atoms with Crippen molar-refractivity contribution in [1.29, 1.82) is 0 Å². The second-order valence-electron chi connectivity index (χ2n) is 6.05. The largest absolute Gasteiger partial charge is 0.454 e. The Hall–Kier alpha value is -3.28. The topological polar surface area (TPSA) is 152 Å². The molecular weight excluding hydrogens is 364 g/mol. The quantitative estimate of drug-likeness (QED) is 0.509. The molecule has 2 saturated heterocycles. The number of aromatic amines is 1. The lowest BCUT2D eigenvalue weighted by atomic mass is 10.1. The van der Waals surface area contributed by atoms with Gasteiger partial charge in [0.2, 0.25) is 6.10 Å². The highest BCUT2D eigenvalue weighted by Crippen LogP contribution is 2.40. The van der Waals surface area contributed by atoms with Crippen molar-refractivity contribution >= 4 is 29.1 Å². The third-order valence-corrected chi connectivity index (χ3v) is 4.25. The van der Waals surface area contributed by atoms with E-state index in [0.29, 0.717) is 0 Å². The highest BCUT2D eigenvalue weighted by molar-refractivity contribution is 5.82. The molecule has 0 unspecified atom stereocenters. The van der Waals surface area contributed by atoms with Crippen molar-refractivity contribution in [3.05, 3.63) is 23.0 Å². The number of rotatable bonds is 3. The van der Waals surface area contributed by atoms with Gasteiger partial charge in [0.25, 0.3) is 5.56 Å². The smallest absolute Gasteiger partial charge is 0.350 e. The van der Waals surface area contributed by atoms with Gasteiger partial charge in [0, 0.05) is 13.8 Å². The summed E-state index contributed by atoms with van der Waals surface area (Å²) < 4.78 is 22.7. The number of esters is 3. The van der Waals surface area contributed by atoms with Crippen LogP contribution in [0.15, 0.2) is 17.4 Å². The number of H-pyrrole nitrogens is 1. The van der Waals surface area contributed by atoms with Crippen molar-refractivity contribution in [2.75, 3.05) is 0 Å². The molecule has 2 aromatic heterocycles. The first-order chi connectivity index (χ1) is 12.9. The molecule has 4 heterocycles. The molecule has 2 aliphatic heterocycles. The van der Waals surface area contributed by atoms with Crippen molar-refractivity contribution in [3.63, 3.8) is 0 Å². The monoisotopic (exact) mass is 378 g/mol. The van der Waals surface area contributed by atoms with Crippen LogP contribution in [0.5, 0.6) is 0 Å². The van der Waals surface area contributed by atoms with Crippen LogP contribution in [-0.4, -0.2) is 61.8 Å². The molecule has 4 rings (SSSR count). The number of fused-ring (bicyclic) bond motifs is 2. The van der Waals surface area contributed by atoms with E-state index in [1.165, 1.54) is 24.1 Å². The first-order valence-corrected chi connectivity index (χ1v) is 7.97. The van der Waals surface area contributed by atoms with Crippen LogP contribution in [0, 0.1) is 0 Å². The zero-order valence-electron chi connectivity index (χ0n) is 14.1. The molecule has 27 heavy (non-hydrogen) atoms. The molecule has 0 spiro atoms. The predicted molar refractivity (Wildman–Crippen MR) is 83.0 cm³/mol. The zero-order valence-corrected chi connectivity index (χ0v) is 14.1. The summed E-state index contributed by atoms with van der Waals surface area (Å²) in [5.74, 6) is -2.13.